The van der Waals surface area contributed by atoms with E-state index in [2.05, 4.69) is 0 Å². The molecule has 0 amide bonds. The van der Waals surface area contributed by atoms with Gasteiger partial charge in [0.1, 0.15) is 11.6 Å². The van der Waals surface area contributed by atoms with E-state index < -0.39 is 47.2 Å². The Labute approximate surface area is 166 Å². The summed E-state index contributed by atoms with van der Waals surface area (Å²) in [6.07, 6.45) is -5.45. The quantitative estimate of drug-likeness (QED) is 0.405. The van der Waals surface area contributed by atoms with Crippen molar-refractivity contribution in [3.8, 4) is 11.1 Å². The number of aryl methyl sites for hydroxylation is 3. The van der Waals surface area contributed by atoms with Crippen LogP contribution in [-0.4, -0.2) is 12.6 Å². The Balaban J connectivity index is 2.79. The predicted octanol–water partition coefficient (Wildman–Crippen LogP) is 6.63. The Kier molecular flexibility index (Phi) is 6.71. The van der Waals surface area contributed by atoms with E-state index in [4.69, 9.17) is 4.74 Å². The number of rotatable bonds is 5. The summed E-state index contributed by atoms with van der Waals surface area (Å²) < 4.78 is 75.5. The summed E-state index contributed by atoms with van der Waals surface area (Å²) in [4.78, 5) is 11.7. The van der Waals surface area contributed by atoms with E-state index in [0.29, 0.717) is 17.2 Å². The third-order valence-electron chi connectivity index (χ3n) is 4.76. The van der Waals surface area contributed by atoms with Crippen molar-refractivity contribution in [3.63, 3.8) is 0 Å². The number of hydrogen-bond donors (Lipinski definition) is 0. The van der Waals surface area contributed by atoms with Gasteiger partial charge in [-0.05, 0) is 56.4 Å². The minimum Gasteiger partial charge on any atom is -0.466 e. The Morgan fingerprint density at radius 3 is 2.07 bits per heavy atom. The van der Waals surface area contributed by atoms with Crippen molar-refractivity contribution in [2.45, 2.75) is 53.1 Å². The molecule has 0 unspecified atom stereocenters. The molecule has 0 aliphatic rings. The molecular formula is C22H23F5O2. The fourth-order valence-corrected chi connectivity index (χ4v) is 3.66. The Bertz CT molecular complexity index is 909. The van der Waals surface area contributed by atoms with Crippen LogP contribution in [0.1, 0.15) is 54.0 Å². The fourth-order valence-electron chi connectivity index (χ4n) is 3.66. The zero-order valence-electron chi connectivity index (χ0n) is 16.9. The first-order valence-corrected chi connectivity index (χ1v) is 9.21. The molecule has 0 aliphatic heterocycles. The standard InChI is InChI=1S/C22H23F5O2/c1-6-29-17(28)9-14(5)19-20(23)15(10-16(21(19)24)22(25,26)27)18-12(3)7-11(2)8-13(18)4/h7-8,10,14H,6,9H2,1-5H3/t14-/m0/s1. The molecule has 2 rings (SSSR count). The Morgan fingerprint density at radius 2 is 1.59 bits per heavy atom. The number of alkyl halides is 3. The summed E-state index contributed by atoms with van der Waals surface area (Å²) in [5.74, 6) is -4.66. The van der Waals surface area contributed by atoms with Crippen molar-refractivity contribution in [1.29, 1.82) is 0 Å². The van der Waals surface area contributed by atoms with Gasteiger partial charge in [-0.2, -0.15) is 13.2 Å². The molecule has 1 atom stereocenters. The van der Waals surface area contributed by atoms with Gasteiger partial charge in [-0.15, -0.1) is 0 Å². The number of hydrogen-bond acceptors (Lipinski definition) is 2. The molecule has 29 heavy (non-hydrogen) atoms. The minimum absolute atomic E-state index is 0.0616. The zero-order valence-corrected chi connectivity index (χ0v) is 16.9. The highest BCUT2D eigenvalue weighted by Crippen LogP contribution is 2.42. The molecule has 0 radical (unpaired) electrons. The molecule has 0 aliphatic carbocycles. The van der Waals surface area contributed by atoms with Crippen molar-refractivity contribution < 1.29 is 31.5 Å². The maximum atomic E-state index is 15.4. The zero-order chi connectivity index (χ0) is 22.1. The van der Waals surface area contributed by atoms with Crippen LogP contribution < -0.4 is 0 Å². The van der Waals surface area contributed by atoms with Gasteiger partial charge in [0.15, 0.2) is 0 Å². The van der Waals surface area contributed by atoms with E-state index in [1.807, 2.05) is 6.92 Å². The van der Waals surface area contributed by atoms with Gasteiger partial charge in [-0.25, -0.2) is 8.78 Å². The van der Waals surface area contributed by atoms with Gasteiger partial charge < -0.3 is 4.74 Å². The van der Waals surface area contributed by atoms with Crippen LogP contribution in [-0.2, 0) is 15.7 Å². The third kappa shape index (κ3) is 4.77. The van der Waals surface area contributed by atoms with E-state index in [1.54, 1.807) is 32.9 Å². The van der Waals surface area contributed by atoms with Gasteiger partial charge in [0.2, 0.25) is 0 Å². The number of ether oxygens (including phenoxy) is 1. The van der Waals surface area contributed by atoms with Crippen molar-refractivity contribution in [2.75, 3.05) is 6.61 Å². The van der Waals surface area contributed by atoms with E-state index in [-0.39, 0.29) is 17.7 Å². The van der Waals surface area contributed by atoms with Crippen LogP contribution in [0.15, 0.2) is 18.2 Å². The largest absolute Gasteiger partial charge is 0.466 e. The van der Waals surface area contributed by atoms with Crippen molar-refractivity contribution in [1.82, 2.24) is 0 Å². The number of carbonyl (C=O) groups is 1. The summed E-state index contributed by atoms with van der Waals surface area (Å²) >= 11 is 0. The molecule has 0 heterocycles. The summed E-state index contributed by atoms with van der Waals surface area (Å²) in [5.41, 5.74) is -0.350. The predicted molar refractivity (Wildman–Crippen MR) is 101 cm³/mol. The lowest BCUT2D eigenvalue weighted by Crippen LogP contribution is -2.16. The summed E-state index contributed by atoms with van der Waals surface area (Å²) in [6.45, 7) is 8.07. The van der Waals surface area contributed by atoms with Gasteiger partial charge >= 0.3 is 12.1 Å². The molecule has 7 heteroatoms. The van der Waals surface area contributed by atoms with Crippen molar-refractivity contribution >= 4 is 5.97 Å². The van der Waals surface area contributed by atoms with Crippen molar-refractivity contribution in [2.24, 2.45) is 0 Å². The highest BCUT2D eigenvalue weighted by atomic mass is 19.4. The van der Waals surface area contributed by atoms with Crippen LogP contribution in [0, 0.1) is 32.4 Å². The highest BCUT2D eigenvalue weighted by Gasteiger charge is 2.38. The molecule has 0 bridgehead atoms. The number of esters is 1. The lowest BCUT2D eigenvalue weighted by atomic mass is 9.87. The topological polar surface area (TPSA) is 26.3 Å². The molecule has 2 nitrogen and oxygen atoms in total. The lowest BCUT2D eigenvalue weighted by Gasteiger charge is -2.21. The average molecular weight is 414 g/mol. The third-order valence-corrected chi connectivity index (χ3v) is 4.76. The van der Waals surface area contributed by atoms with E-state index in [0.717, 1.165) is 5.56 Å². The summed E-state index contributed by atoms with van der Waals surface area (Å²) in [5, 5.41) is 0. The molecule has 0 spiro atoms. The Morgan fingerprint density at radius 1 is 1.03 bits per heavy atom. The lowest BCUT2D eigenvalue weighted by molar-refractivity contribution is -0.143. The molecule has 0 fully saturated rings. The molecule has 2 aromatic carbocycles. The van der Waals surface area contributed by atoms with E-state index in [1.165, 1.54) is 6.92 Å². The second kappa shape index (κ2) is 8.51. The molecular weight excluding hydrogens is 391 g/mol. The highest BCUT2D eigenvalue weighted by molar-refractivity contribution is 5.75. The fraction of sp³-hybridized carbons (Fsp3) is 0.409. The van der Waals surface area contributed by atoms with Crippen LogP contribution >= 0.6 is 0 Å². The molecule has 158 valence electrons. The molecule has 0 aromatic heterocycles. The van der Waals surface area contributed by atoms with Gasteiger partial charge in [-0.1, -0.05) is 24.6 Å². The van der Waals surface area contributed by atoms with Crippen LogP contribution in [0.2, 0.25) is 0 Å². The van der Waals surface area contributed by atoms with Crippen LogP contribution in [0.3, 0.4) is 0 Å². The van der Waals surface area contributed by atoms with Crippen molar-refractivity contribution in [3.05, 3.63) is 57.7 Å². The van der Waals surface area contributed by atoms with E-state index in [9.17, 15) is 22.4 Å². The van der Waals surface area contributed by atoms with Gasteiger partial charge in [0.05, 0.1) is 18.6 Å². The maximum Gasteiger partial charge on any atom is 0.419 e. The molecule has 2 aromatic rings. The first-order valence-electron chi connectivity index (χ1n) is 9.21. The average Bonchev–Trinajstić information content (AvgIpc) is 2.54. The Hall–Kier alpha value is -2.44. The van der Waals surface area contributed by atoms with Crippen LogP contribution in [0.4, 0.5) is 22.0 Å². The smallest absolute Gasteiger partial charge is 0.419 e. The van der Waals surface area contributed by atoms with Crippen LogP contribution in [0.5, 0.6) is 0 Å². The first kappa shape index (κ1) is 22.8. The van der Waals surface area contributed by atoms with Gasteiger partial charge in [0.25, 0.3) is 0 Å². The second-order valence-electron chi connectivity index (χ2n) is 7.19. The second-order valence-corrected chi connectivity index (χ2v) is 7.19. The molecule has 0 saturated carbocycles. The first-order chi connectivity index (χ1) is 13.4. The summed E-state index contributed by atoms with van der Waals surface area (Å²) in [6, 6.07) is 3.95. The number of carbonyl (C=O) groups excluding carboxylic acids is 1. The molecule has 0 saturated heterocycles. The normalized spacial score (nSPS) is 12.8. The van der Waals surface area contributed by atoms with Crippen LogP contribution in [0.25, 0.3) is 11.1 Å². The number of halogens is 5. The van der Waals surface area contributed by atoms with Gasteiger partial charge in [0, 0.05) is 11.1 Å². The molecule has 0 N–H and O–H groups in total. The van der Waals surface area contributed by atoms with Gasteiger partial charge in [-0.3, -0.25) is 4.79 Å². The summed E-state index contributed by atoms with van der Waals surface area (Å²) in [7, 11) is 0. The monoisotopic (exact) mass is 414 g/mol. The number of benzene rings is 2. The maximum absolute atomic E-state index is 15.4. The van der Waals surface area contributed by atoms with E-state index >= 15 is 4.39 Å². The SMILES string of the molecule is CCOC(=O)C[C@H](C)c1c(F)c(-c2c(C)cc(C)cc2C)cc(C(F)(F)F)c1F. The minimum atomic E-state index is -5.02.